The number of thiocarbonyl (C=S) groups is 1. The van der Waals surface area contributed by atoms with Gasteiger partial charge >= 0.3 is 0 Å². The molecule has 0 unspecified atom stereocenters. The summed E-state index contributed by atoms with van der Waals surface area (Å²) in [6.45, 7) is 9.62. The third kappa shape index (κ3) is 5.41. The minimum absolute atomic E-state index is 0.876. The molecule has 1 heteroatoms. The van der Waals surface area contributed by atoms with Crippen LogP contribution in [-0.2, 0) is 12.8 Å². The van der Waals surface area contributed by atoms with Crippen molar-refractivity contribution in [3.8, 4) is 0 Å². The van der Waals surface area contributed by atoms with Gasteiger partial charge in [-0.3, -0.25) is 0 Å². The van der Waals surface area contributed by atoms with Crippen LogP contribution in [0.15, 0.2) is 61.2 Å². The van der Waals surface area contributed by atoms with Crippen molar-refractivity contribution in [3.05, 3.63) is 72.4 Å². The lowest BCUT2D eigenvalue weighted by Gasteiger charge is -2.03. The van der Waals surface area contributed by atoms with Gasteiger partial charge in [-0.1, -0.05) is 73.4 Å². The van der Waals surface area contributed by atoms with Crippen LogP contribution in [-0.4, -0.2) is 4.86 Å². The van der Waals surface area contributed by atoms with Gasteiger partial charge in [-0.25, -0.2) is 0 Å². The first kappa shape index (κ1) is 13.6. The molecule has 1 rings (SSSR count). The molecule has 0 amide bonds. The maximum atomic E-state index is 5.10. The number of rotatable bonds is 6. The molecule has 0 N–H and O–H groups in total. The molecule has 0 atom stereocenters. The first-order valence-electron chi connectivity index (χ1n) is 5.66. The minimum Gasteiger partial charge on any atom is -0.0991 e. The molecule has 0 aliphatic carbocycles. The topological polar surface area (TPSA) is 0 Å². The van der Waals surface area contributed by atoms with Crippen molar-refractivity contribution in [2.75, 3.05) is 0 Å². The zero-order chi connectivity index (χ0) is 12.7. The number of hydrogen-bond donors (Lipinski definition) is 0. The molecule has 0 aliphatic rings. The quantitative estimate of drug-likeness (QED) is 0.524. The zero-order valence-corrected chi connectivity index (χ0v) is 11.1. The summed E-state index contributed by atoms with van der Waals surface area (Å²) >= 11 is 5.10. The summed E-state index contributed by atoms with van der Waals surface area (Å²) in [7, 11) is 0. The van der Waals surface area contributed by atoms with Gasteiger partial charge in [0.1, 0.15) is 0 Å². The molecule has 0 heterocycles. The van der Waals surface area contributed by atoms with Crippen LogP contribution >= 0.6 is 12.2 Å². The van der Waals surface area contributed by atoms with Crippen molar-refractivity contribution >= 4 is 17.1 Å². The Morgan fingerprint density at radius 3 is 2.18 bits per heavy atom. The lowest BCUT2D eigenvalue weighted by Crippen LogP contribution is -1.94. The van der Waals surface area contributed by atoms with Crippen LogP contribution in [0, 0.1) is 0 Å². The highest BCUT2D eigenvalue weighted by molar-refractivity contribution is 7.80. The van der Waals surface area contributed by atoms with Crippen molar-refractivity contribution in [3.63, 3.8) is 0 Å². The van der Waals surface area contributed by atoms with E-state index in [0.29, 0.717) is 0 Å². The van der Waals surface area contributed by atoms with Crippen LogP contribution in [0.4, 0.5) is 0 Å². The summed E-state index contributed by atoms with van der Waals surface area (Å²) in [4.78, 5) is 1.02. The summed E-state index contributed by atoms with van der Waals surface area (Å²) < 4.78 is 0. The maximum absolute atomic E-state index is 5.10. The molecule has 0 saturated heterocycles. The van der Waals surface area contributed by atoms with Crippen LogP contribution < -0.4 is 0 Å². The zero-order valence-electron chi connectivity index (χ0n) is 10.3. The highest BCUT2D eigenvalue weighted by atomic mass is 32.1. The maximum Gasteiger partial charge on any atom is 0.00354 e. The molecule has 0 bridgehead atoms. The third-order valence-electron chi connectivity index (χ3n) is 2.38. The Bertz CT molecular complexity index is 435. The number of allylic oxidation sites excluding steroid dienone is 4. The molecule has 0 fully saturated rings. The molecule has 0 aliphatic heterocycles. The normalized spacial score (nSPS) is 10.4. The highest BCUT2D eigenvalue weighted by Crippen LogP contribution is 2.10. The van der Waals surface area contributed by atoms with Crippen LogP contribution in [0.1, 0.15) is 18.1 Å². The average Bonchev–Trinajstić information content (AvgIpc) is 2.28. The first-order chi connectivity index (χ1) is 8.11. The summed E-state index contributed by atoms with van der Waals surface area (Å²) in [5.74, 6) is 0. The van der Waals surface area contributed by atoms with Gasteiger partial charge in [0.25, 0.3) is 0 Å². The molecule has 0 aromatic heterocycles. The van der Waals surface area contributed by atoms with Crippen molar-refractivity contribution in [1.29, 1.82) is 0 Å². The molecule has 1 aromatic rings. The summed E-state index contributed by atoms with van der Waals surface area (Å²) in [6, 6.07) is 8.55. The first-order valence-corrected chi connectivity index (χ1v) is 6.07. The Hall–Kier alpha value is -1.47. The minimum atomic E-state index is 0.876. The van der Waals surface area contributed by atoms with Crippen molar-refractivity contribution in [2.45, 2.75) is 19.8 Å². The molecular weight excluding hydrogens is 224 g/mol. The SMILES string of the molecule is C=C/C=C\C(=C)Cc1ccc(CC(C)=S)cc1. The second-order valence-electron chi connectivity index (χ2n) is 4.13. The molecule has 17 heavy (non-hydrogen) atoms. The van der Waals surface area contributed by atoms with Gasteiger partial charge in [0.05, 0.1) is 0 Å². The van der Waals surface area contributed by atoms with Gasteiger partial charge in [-0.15, -0.1) is 0 Å². The Morgan fingerprint density at radius 1 is 1.18 bits per heavy atom. The Morgan fingerprint density at radius 2 is 1.71 bits per heavy atom. The van der Waals surface area contributed by atoms with E-state index in [4.69, 9.17) is 12.2 Å². The van der Waals surface area contributed by atoms with Crippen molar-refractivity contribution < 1.29 is 0 Å². The molecule has 88 valence electrons. The van der Waals surface area contributed by atoms with E-state index in [-0.39, 0.29) is 0 Å². The fourth-order valence-corrected chi connectivity index (χ4v) is 1.75. The van der Waals surface area contributed by atoms with Crippen LogP contribution in [0.3, 0.4) is 0 Å². The molecule has 0 spiro atoms. The van der Waals surface area contributed by atoms with E-state index >= 15 is 0 Å². The lowest BCUT2D eigenvalue weighted by atomic mass is 10.0. The molecule has 1 aromatic carbocycles. The largest absolute Gasteiger partial charge is 0.0991 e. The molecule has 0 saturated carbocycles. The molecule has 0 radical (unpaired) electrons. The Labute approximate surface area is 109 Å². The summed E-state index contributed by atoms with van der Waals surface area (Å²) in [5.41, 5.74) is 3.63. The van der Waals surface area contributed by atoms with E-state index in [0.717, 1.165) is 23.3 Å². The van der Waals surface area contributed by atoms with Gasteiger partial charge in [-0.2, -0.15) is 0 Å². The lowest BCUT2D eigenvalue weighted by molar-refractivity contribution is 1.19. The van der Waals surface area contributed by atoms with Crippen molar-refractivity contribution in [1.82, 2.24) is 0 Å². The molecular formula is C16H18S. The smallest absolute Gasteiger partial charge is 0.00354 e. The van der Waals surface area contributed by atoms with E-state index in [1.807, 2.05) is 19.1 Å². The van der Waals surface area contributed by atoms with Crippen LogP contribution in [0.5, 0.6) is 0 Å². The number of benzene rings is 1. The van der Waals surface area contributed by atoms with E-state index in [2.05, 4.69) is 37.4 Å². The standard InChI is InChI=1S/C16H18S/c1-4-5-6-13(2)11-15-7-9-16(10-8-15)12-14(3)17/h4-10H,1-2,11-12H2,3H3/b6-5-. The van der Waals surface area contributed by atoms with Gasteiger partial charge < -0.3 is 0 Å². The number of hydrogen-bond acceptors (Lipinski definition) is 1. The average molecular weight is 242 g/mol. The van der Waals surface area contributed by atoms with E-state index in [9.17, 15) is 0 Å². The van der Waals surface area contributed by atoms with Gasteiger partial charge in [0.2, 0.25) is 0 Å². The van der Waals surface area contributed by atoms with E-state index in [1.54, 1.807) is 6.08 Å². The monoisotopic (exact) mass is 242 g/mol. The van der Waals surface area contributed by atoms with Crippen molar-refractivity contribution in [2.24, 2.45) is 0 Å². The Kier molecular flexibility index (Phi) is 5.58. The van der Waals surface area contributed by atoms with Gasteiger partial charge in [0, 0.05) is 6.42 Å². The Balaban J connectivity index is 2.62. The highest BCUT2D eigenvalue weighted by Gasteiger charge is 1.97. The van der Waals surface area contributed by atoms with Gasteiger partial charge in [-0.05, 0) is 29.3 Å². The fraction of sp³-hybridized carbons (Fsp3) is 0.188. The third-order valence-corrected chi connectivity index (χ3v) is 2.52. The van der Waals surface area contributed by atoms with E-state index in [1.165, 1.54) is 11.1 Å². The molecule has 0 nitrogen and oxygen atoms in total. The van der Waals surface area contributed by atoms with Gasteiger partial charge in [0.15, 0.2) is 0 Å². The second kappa shape index (κ2) is 6.97. The summed E-state index contributed by atoms with van der Waals surface area (Å²) in [6.07, 6.45) is 7.42. The second-order valence-corrected chi connectivity index (χ2v) is 4.82. The fourth-order valence-electron chi connectivity index (χ4n) is 1.59. The van der Waals surface area contributed by atoms with Crippen LogP contribution in [0.25, 0.3) is 0 Å². The van der Waals surface area contributed by atoms with E-state index < -0.39 is 0 Å². The predicted molar refractivity (Wildman–Crippen MR) is 80.6 cm³/mol. The predicted octanol–water partition coefficient (Wildman–Crippen LogP) is 4.46. The summed E-state index contributed by atoms with van der Waals surface area (Å²) in [5, 5.41) is 0. The van der Waals surface area contributed by atoms with Crippen LogP contribution in [0.2, 0.25) is 0 Å².